The highest BCUT2D eigenvalue weighted by Gasteiger charge is 2.07. The van der Waals surface area contributed by atoms with Crippen molar-refractivity contribution in [1.82, 2.24) is 0 Å². The Morgan fingerprint density at radius 1 is 1.06 bits per heavy atom. The zero-order chi connectivity index (χ0) is 13.3. The predicted molar refractivity (Wildman–Crippen MR) is 72.2 cm³/mol. The lowest BCUT2D eigenvalue weighted by Crippen LogP contribution is -1.94. The van der Waals surface area contributed by atoms with Crippen LogP contribution in [0.4, 0.5) is 4.39 Å². The first kappa shape index (κ1) is 13.1. The lowest BCUT2D eigenvalue weighted by atomic mass is 9.96. The van der Waals surface area contributed by atoms with Gasteiger partial charge in [-0.3, -0.25) is 0 Å². The van der Waals surface area contributed by atoms with Gasteiger partial charge < -0.3 is 5.11 Å². The smallest absolute Gasteiger partial charge is 0.142 e. The third-order valence-corrected chi connectivity index (χ3v) is 3.41. The van der Waals surface area contributed by atoms with Gasteiger partial charge in [-0.15, -0.1) is 0 Å². The van der Waals surface area contributed by atoms with Crippen LogP contribution in [0.1, 0.15) is 16.7 Å². The van der Waals surface area contributed by atoms with Gasteiger partial charge in [-0.25, -0.2) is 4.39 Å². The molecule has 0 radical (unpaired) electrons. The van der Waals surface area contributed by atoms with Crippen molar-refractivity contribution in [2.75, 3.05) is 0 Å². The van der Waals surface area contributed by atoms with Crippen LogP contribution in [0.15, 0.2) is 30.3 Å². The Labute approximate surface area is 111 Å². The summed E-state index contributed by atoms with van der Waals surface area (Å²) in [5.41, 5.74) is 4.64. The standard InChI is InChI=1S/C15H14ClFO/c1-9-5-12(6-10(2)13(9)8-18)11-3-4-14(16)15(17)7-11/h3-7,18H,8H2,1-2H3. The fraction of sp³-hybridized carbons (Fsp3) is 0.200. The summed E-state index contributed by atoms with van der Waals surface area (Å²) in [6.45, 7) is 3.90. The highest BCUT2D eigenvalue weighted by Crippen LogP contribution is 2.27. The Morgan fingerprint density at radius 3 is 2.17 bits per heavy atom. The van der Waals surface area contributed by atoms with E-state index in [2.05, 4.69) is 0 Å². The molecule has 0 fully saturated rings. The van der Waals surface area contributed by atoms with Gasteiger partial charge in [-0.05, 0) is 53.8 Å². The molecular weight excluding hydrogens is 251 g/mol. The Bertz CT molecular complexity index is 570. The molecule has 0 bridgehead atoms. The fourth-order valence-corrected chi connectivity index (χ4v) is 2.20. The Morgan fingerprint density at radius 2 is 1.67 bits per heavy atom. The lowest BCUT2D eigenvalue weighted by molar-refractivity contribution is 0.280. The van der Waals surface area contributed by atoms with Gasteiger partial charge >= 0.3 is 0 Å². The van der Waals surface area contributed by atoms with E-state index in [4.69, 9.17) is 11.6 Å². The lowest BCUT2D eigenvalue weighted by Gasteiger charge is -2.11. The van der Waals surface area contributed by atoms with Crippen molar-refractivity contribution < 1.29 is 9.50 Å². The second kappa shape index (κ2) is 5.09. The second-order valence-electron chi connectivity index (χ2n) is 4.38. The normalized spacial score (nSPS) is 10.7. The number of aliphatic hydroxyl groups is 1. The average molecular weight is 265 g/mol. The summed E-state index contributed by atoms with van der Waals surface area (Å²) < 4.78 is 13.4. The van der Waals surface area contributed by atoms with E-state index in [-0.39, 0.29) is 11.6 Å². The third-order valence-electron chi connectivity index (χ3n) is 3.11. The Hall–Kier alpha value is -1.38. The van der Waals surface area contributed by atoms with Gasteiger partial charge in [0.1, 0.15) is 5.82 Å². The molecule has 0 amide bonds. The van der Waals surface area contributed by atoms with Crippen LogP contribution in [0.25, 0.3) is 11.1 Å². The number of hydrogen-bond donors (Lipinski definition) is 1. The van der Waals surface area contributed by atoms with Crippen molar-refractivity contribution in [3.8, 4) is 11.1 Å². The first-order valence-electron chi connectivity index (χ1n) is 5.69. The minimum atomic E-state index is -0.421. The van der Waals surface area contributed by atoms with E-state index < -0.39 is 5.82 Å². The molecule has 2 aromatic rings. The monoisotopic (exact) mass is 264 g/mol. The maximum Gasteiger partial charge on any atom is 0.142 e. The highest BCUT2D eigenvalue weighted by atomic mass is 35.5. The Balaban J connectivity index is 2.54. The SMILES string of the molecule is Cc1cc(-c2ccc(Cl)c(F)c2)cc(C)c1CO. The molecule has 0 spiro atoms. The number of aliphatic hydroxyl groups excluding tert-OH is 1. The molecule has 0 aliphatic rings. The highest BCUT2D eigenvalue weighted by molar-refractivity contribution is 6.30. The van der Waals surface area contributed by atoms with Crippen LogP contribution >= 0.6 is 11.6 Å². The molecule has 0 saturated heterocycles. The fourth-order valence-electron chi connectivity index (χ4n) is 2.09. The van der Waals surface area contributed by atoms with Gasteiger partial charge in [0.25, 0.3) is 0 Å². The van der Waals surface area contributed by atoms with Gasteiger partial charge in [-0.1, -0.05) is 29.8 Å². The molecule has 2 rings (SSSR count). The van der Waals surface area contributed by atoms with Crippen molar-refractivity contribution in [3.63, 3.8) is 0 Å². The first-order valence-corrected chi connectivity index (χ1v) is 6.07. The predicted octanol–water partition coefficient (Wildman–Crippen LogP) is 4.26. The van der Waals surface area contributed by atoms with Crippen LogP contribution in [0.5, 0.6) is 0 Å². The van der Waals surface area contributed by atoms with Gasteiger partial charge in [0.2, 0.25) is 0 Å². The van der Waals surface area contributed by atoms with E-state index in [1.165, 1.54) is 6.07 Å². The first-order chi connectivity index (χ1) is 8.52. The van der Waals surface area contributed by atoms with E-state index in [9.17, 15) is 9.50 Å². The molecule has 0 aliphatic heterocycles. The van der Waals surface area contributed by atoms with Crippen LogP contribution in [0.2, 0.25) is 5.02 Å². The van der Waals surface area contributed by atoms with Crippen LogP contribution in [-0.2, 0) is 6.61 Å². The molecule has 0 heterocycles. The maximum atomic E-state index is 13.4. The van der Waals surface area contributed by atoms with E-state index in [0.717, 1.165) is 27.8 Å². The molecule has 18 heavy (non-hydrogen) atoms. The summed E-state index contributed by atoms with van der Waals surface area (Å²) in [5.74, 6) is -0.421. The van der Waals surface area contributed by atoms with E-state index >= 15 is 0 Å². The topological polar surface area (TPSA) is 20.2 Å². The molecule has 0 saturated carbocycles. The molecule has 0 aromatic heterocycles. The van der Waals surface area contributed by atoms with Gasteiger partial charge in [-0.2, -0.15) is 0 Å². The van der Waals surface area contributed by atoms with E-state index in [1.54, 1.807) is 12.1 Å². The molecule has 1 nitrogen and oxygen atoms in total. The summed E-state index contributed by atoms with van der Waals surface area (Å²) in [6.07, 6.45) is 0. The number of benzene rings is 2. The van der Waals surface area contributed by atoms with Crippen molar-refractivity contribution >= 4 is 11.6 Å². The molecule has 1 N–H and O–H groups in total. The molecule has 0 atom stereocenters. The summed E-state index contributed by atoms with van der Waals surface area (Å²) in [6, 6.07) is 8.66. The van der Waals surface area contributed by atoms with E-state index in [1.807, 2.05) is 26.0 Å². The molecular formula is C15H14ClFO. The minimum absolute atomic E-state index is 0.0208. The number of rotatable bonds is 2. The zero-order valence-electron chi connectivity index (χ0n) is 10.3. The quantitative estimate of drug-likeness (QED) is 0.859. The molecule has 3 heteroatoms. The summed E-state index contributed by atoms with van der Waals surface area (Å²) in [7, 11) is 0. The van der Waals surface area contributed by atoms with Crippen molar-refractivity contribution in [2.24, 2.45) is 0 Å². The molecule has 2 aromatic carbocycles. The Kier molecular flexibility index (Phi) is 3.69. The maximum absolute atomic E-state index is 13.4. The van der Waals surface area contributed by atoms with Crippen LogP contribution in [0, 0.1) is 19.7 Å². The van der Waals surface area contributed by atoms with Crippen LogP contribution < -0.4 is 0 Å². The van der Waals surface area contributed by atoms with Gasteiger partial charge in [0, 0.05) is 0 Å². The zero-order valence-corrected chi connectivity index (χ0v) is 11.1. The van der Waals surface area contributed by atoms with Crippen molar-refractivity contribution in [2.45, 2.75) is 20.5 Å². The van der Waals surface area contributed by atoms with Gasteiger partial charge in [0.05, 0.1) is 11.6 Å². The number of hydrogen-bond acceptors (Lipinski definition) is 1. The molecule has 0 unspecified atom stereocenters. The molecule has 94 valence electrons. The minimum Gasteiger partial charge on any atom is -0.392 e. The van der Waals surface area contributed by atoms with Gasteiger partial charge in [0.15, 0.2) is 0 Å². The van der Waals surface area contributed by atoms with Crippen molar-refractivity contribution in [1.29, 1.82) is 0 Å². The molecule has 0 aliphatic carbocycles. The van der Waals surface area contributed by atoms with Crippen molar-refractivity contribution in [3.05, 3.63) is 57.9 Å². The average Bonchev–Trinajstić information content (AvgIpc) is 2.32. The largest absolute Gasteiger partial charge is 0.392 e. The third kappa shape index (κ3) is 2.40. The number of aryl methyl sites for hydroxylation is 2. The number of halogens is 2. The van der Waals surface area contributed by atoms with E-state index in [0.29, 0.717) is 0 Å². The summed E-state index contributed by atoms with van der Waals surface area (Å²) in [5, 5.41) is 9.39. The van der Waals surface area contributed by atoms with Crippen LogP contribution in [-0.4, -0.2) is 5.11 Å². The second-order valence-corrected chi connectivity index (χ2v) is 4.78. The van der Waals surface area contributed by atoms with Crippen LogP contribution in [0.3, 0.4) is 0 Å². The summed E-state index contributed by atoms with van der Waals surface area (Å²) >= 11 is 5.67. The summed E-state index contributed by atoms with van der Waals surface area (Å²) in [4.78, 5) is 0.